The summed E-state index contributed by atoms with van der Waals surface area (Å²) in [4.78, 5) is 12.0. The molecule has 23 heavy (non-hydrogen) atoms. The standard InChI is InChI=1S/C17H30O5Si/c1-16(2,3)23(7,8)22-13-10-11(15(18)19-6)9-12-14(13)21-17(4,5)20-12/h10,12-14H,9H2,1-8H3/t12-,13+,14-/m1/s1. The van der Waals surface area contributed by atoms with Gasteiger partial charge in [0.15, 0.2) is 14.1 Å². The highest BCUT2D eigenvalue weighted by Gasteiger charge is 2.50. The highest BCUT2D eigenvalue weighted by Crippen LogP contribution is 2.42. The molecule has 132 valence electrons. The minimum absolute atomic E-state index is 0.0776. The molecule has 1 aliphatic heterocycles. The van der Waals surface area contributed by atoms with Crippen molar-refractivity contribution in [3.05, 3.63) is 11.6 Å². The van der Waals surface area contributed by atoms with Gasteiger partial charge in [0.2, 0.25) is 0 Å². The predicted octanol–water partition coefficient (Wildman–Crippen LogP) is 3.40. The van der Waals surface area contributed by atoms with Gasteiger partial charge >= 0.3 is 5.97 Å². The molecule has 0 aromatic rings. The summed E-state index contributed by atoms with van der Waals surface area (Å²) in [6, 6.07) is 0. The average Bonchev–Trinajstić information content (AvgIpc) is 2.70. The van der Waals surface area contributed by atoms with Gasteiger partial charge in [0.05, 0.1) is 19.3 Å². The second-order valence-electron chi connectivity index (χ2n) is 8.37. The first kappa shape index (κ1) is 18.6. The zero-order chi connectivity index (χ0) is 17.6. The lowest BCUT2D eigenvalue weighted by Crippen LogP contribution is -2.50. The van der Waals surface area contributed by atoms with Crippen LogP contribution in [0.15, 0.2) is 11.6 Å². The third-order valence-electron chi connectivity index (χ3n) is 5.02. The normalized spacial score (nSPS) is 30.6. The van der Waals surface area contributed by atoms with Crippen LogP contribution in [0, 0.1) is 0 Å². The molecule has 2 aliphatic rings. The molecule has 0 radical (unpaired) electrons. The van der Waals surface area contributed by atoms with E-state index < -0.39 is 14.1 Å². The van der Waals surface area contributed by atoms with Gasteiger partial charge in [-0.1, -0.05) is 20.8 Å². The number of esters is 1. The van der Waals surface area contributed by atoms with Crippen LogP contribution >= 0.6 is 0 Å². The highest BCUT2D eigenvalue weighted by atomic mass is 28.4. The van der Waals surface area contributed by atoms with E-state index >= 15 is 0 Å². The van der Waals surface area contributed by atoms with E-state index in [0.29, 0.717) is 12.0 Å². The van der Waals surface area contributed by atoms with Gasteiger partial charge in [-0.05, 0) is 38.1 Å². The van der Waals surface area contributed by atoms with Crippen LogP contribution in [0.5, 0.6) is 0 Å². The van der Waals surface area contributed by atoms with Gasteiger partial charge in [0.25, 0.3) is 0 Å². The van der Waals surface area contributed by atoms with Gasteiger partial charge in [0.1, 0.15) is 6.10 Å². The Morgan fingerprint density at radius 1 is 1.30 bits per heavy atom. The molecule has 6 heteroatoms. The van der Waals surface area contributed by atoms with Gasteiger partial charge in [0, 0.05) is 12.0 Å². The van der Waals surface area contributed by atoms with Crippen molar-refractivity contribution >= 4 is 14.3 Å². The van der Waals surface area contributed by atoms with E-state index in [2.05, 4.69) is 33.9 Å². The number of rotatable bonds is 3. The Morgan fingerprint density at radius 2 is 1.91 bits per heavy atom. The molecular formula is C17H30O5Si. The molecule has 0 bridgehead atoms. The fraction of sp³-hybridized carbons (Fsp3) is 0.824. The minimum Gasteiger partial charge on any atom is -0.466 e. The molecule has 1 aliphatic carbocycles. The van der Waals surface area contributed by atoms with Crippen molar-refractivity contribution in [2.24, 2.45) is 0 Å². The molecule has 0 spiro atoms. The van der Waals surface area contributed by atoms with Crippen LogP contribution in [-0.2, 0) is 23.4 Å². The third-order valence-corrected chi connectivity index (χ3v) is 9.49. The molecule has 5 nitrogen and oxygen atoms in total. The lowest BCUT2D eigenvalue weighted by atomic mass is 9.92. The molecule has 2 rings (SSSR count). The average molecular weight is 343 g/mol. The quantitative estimate of drug-likeness (QED) is 0.581. The summed E-state index contributed by atoms with van der Waals surface area (Å²) in [5, 5.41) is 0.0776. The van der Waals surface area contributed by atoms with Gasteiger partial charge in [-0.25, -0.2) is 4.79 Å². The number of carbonyl (C=O) groups excluding carboxylic acids is 1. The van der Waals surface area contributed by atoms with Crippen molar-refractivity contribution in [1.82, 2.24) is 0 Å². The van der Waals surface area contributed by atoms with E-state index in [1.807, 2.05) is 19.9 Å². The summed E-state index contributed by atoms with van der Waals surface area (Å²) in [6.07, 6.45) is 1.72. The zero-order valence-corrected chi connectivity index (χ0v) is 16.6. The maximum absolute atomic E-state index is 12.0. The van der Waals surface area contributed by atoms with Gasteiger partial charge in [-0.15, -0.1) is 0 Å². The molecular weight excluding hydrogens is 312 g/mol. The largest absolute Gasteiger partial charge is 0.466 e. The molecule has 3 atom stereocenters. The second kappa shape index (κ2) is 5.99. The SMILES string of the molecule is COC(=O)C1=C[C@H](O[Si](C)(C)C(C)(C)C)[C@@H]2OC(C)(C)O[C@@H]2C1. The molecule has 0 unspecified atom stereocenters. The van der Waals surface area contributed by atoms with Crippen LogP contribution in [-0.4, -0.2) is 45.5 Å². The maximum Gasteiger partial charge on any atom is 0.333 e. The zero-order valence-electron chi connectivity index (χ0n) is 15.6. The van der Waals surface area contributed by atoms with E-state index in [9.17, 15) is 4.79 Å². The number of fused-ring (bicyclic) bond motifs is 1. The van der Waals surface area contributed by atoms with Crippen LogP contribution < -0.4 is 0 Å². The predicted molar refractivity (Wildman–Crippen MR) is 90.6 cm³/mol. The van der Waals surface area contributed by atoms with Gasteiger partial charge < -0.3 is 18.6 Å². The van der Waals surface area contributed by atoms with Crippen LogP contribution in [0.2, 0.25) is 18.1 Å². The van der Waals surface area contributed by atoms with E-state index in [1.54, 1.807) is 0 Å². The van der Waals surface area contributed by atoms with Gasteiger partial charge in [-0.3, -0.25) is 0 Å². The number of methoxy groups -OCH3 is 1. The van der Waals surface area contributed by atoms with Crippen LogP contribution in [0.25, 0.3) is 0 Å². The Bertz CT molecular complexity index is 504. The van der Waals surface area contributed by atoms with E-state index in [4.69, 9.17) is 18.6 Å². The van der Waals surface area contributed by atoms with Crippen molar-refractivity contribution in [3.8, 4) is 0 Å². The number of hydrogen-bond acceptors (Lipinski definition) is 5. The second-order valence-corrected chi connectivity index (χ2v) is 13.1. The molecule has 1 fully saturated rings. The monoisotopic (exact) mass is 342 g/mol. The van der Waals surface area contributed by atoms with Crippen molar-refractivity contribution in [1.29, 1.82) is 0 Å². The van der Waals surface area contributed by atoms with Crippen LogP contribution in [0.1, 0.15) is 41.0 Å². The molecule has 1 saturated heterocycles. The van der Waals surface area contributed by atoms with E-state index in [-0.39, 0.29) is 29.3 Å². The summed E-state index contributed by atoms with van der Waals surface area (Å²) in [5.74, 6) is -0.982. The first-order valence-corrected chi connectivity index (χ1v) is 11.1. The number of carbonyl (C=O) groups is 1. The Kier molecular flexibility index (Phi) is 4.85. The summed E-state index contributed by atoms with van der Waals surface area (Å²) in [6.45, 7) is 14.8. The number of hydrogen-bond donors (Lipinski definition) is 0. The Labute approximate surface area is 140 Å². The van der Waals surface area contributed by atoms with E-state index in [1.165, 1.54) is 7.11 Å². The lowest BCUT2D eigenvalue weighted by Gasteiger charge is -2.41. The van der Waals surface area contributed by atoms with E-state index in [0.717, 1.165) is 0 Å². The first-order chi connectivity index (χ1) is 10.4. The minimum atomic E-state index is -2.01. The van der Waals surface area contributed by atoms with Crippen molar-refractivity contribution in [3.63, 3.8) is 0 Å². The lowest BCUT2D eigenvalue weighted by molar-refractivity contribution is -0.151. The van der Waals surface area contributed by atoms with Crippen molar-refractivity contribution in [2.45, 2.75) is 83.3 Å². The fourth-order valence-electron chi connectivity index (χ4n) is 2.78. The van der Waals surface area contributed by atoms with Crippen LogP contribution in [0.3, 0.4) is 0 Å². The van der Waals surface area contributed by atoms with Crippen molar-refractivity contribution in [2.75, 3.05) is 7.11 Å². The van der Waals surface area contributed by atoms with Crippen LogP contribution in [0.4, 0.5) is 0 Å². The Hall–Kier alpha value is -0.693. The molecule has 0 saturated carbocycles. The Balaban J connectivity index is 2.30. The smallest absolute Gasteiger partial charge is 0.333 e. The molecule has 0 amide bonds. The molecule has 0 aromatic carbocycles. The third kappa shape index (κ3) is 3.87. The molecule has 0 N–H and O–H groups in total. The summed E-state index contributed by atoms with van der Waals surface area (Å²) in [7, 11) is -0.608. The Morgan fingerprint density at radius 3 is 2.43 bits per heavy atom. The number of ether oxygens (including phenoxy) is 3. The summed E-state index contributed by atoms with van der Waals surface area (Å²) < 4.78 is 23.4. The van der Waals surface area contributed by atoms with Crippen molar-refractivity contribution < 1.29 is 23.4 Å². The summed E-state index contributed by atoms with van der Waals surface area (Å²) in [5.41, 5.74) is 0.610. The fourth-order valence-corrected chi connectivity index (χ4v) is 4.01. The highest BCUT2D eigenvalue weighted by molar-refractivity contribution is 6.74. The maximum atomic E-state index is 12.0. The molecule has 1 heterocycles. The first-order valence-electron chi connectivity index (χ1n) is 8.19. The topological polar surface area (TPSA) is 54.0 Å². The van der Waals surface area contributed by atoms with Gasteiger partial charge in [-0.2, -0.15) is 0 Å². The molecule has 0 aromatic heterocycles. The summed E-state index contributed by atoms with van der Waals surface area (Å²) >= 11 is 0.